The number of halogens is 3. The molecule has 0 aromatic heterocycles. The number of carboxylic acids is 1. The van der Waals surface area contributed by atoms with E-state index in [4.69, 9.17) is 0 Å². The van der Waals surface area contributed by atoms with Crippen molar-refractivity contribution in [3.05, 3.63) is 0 Å². The largest absolute Gasteiger partial charge is 0.481 e. The molecule has 2 aliphatic rings. The molecule has 1 aliphatic heterocycles. The van der Waals surface area contributed by atoms with E-state index in [2.05, 4.69) is 0 Å². The predicted molar refractivity (Wildman–Crippen MR) is 59.3 cm³/mol. The van der Waals surface area contributed by atoms with E-state index >= 15 is 0 Å². The van der Waals surface area contributed by atoms with Crippen LogP contribution in [0.15, 0.2) is 0 Å². The first-order chi connectivity index (χ1) is 8.77. The summed E-state index contributed by atoms with van der Waals surface area (Å²) in [5.41, 5.74) is -1.18. The first-order valence-corrected chi connectivity index (χ1v) is 6.37. The first kappa shape index (κ1) is 14.1. The molecule has 0 aromatic rings. The van der Waals surface area contributed by atoms with Crippen LogP contribution in [0.25, 0.3) is 0 Å². The number of aliphatic carboxylic acids is 1. The van der Waals surface area contributed by atoms with Gasteiger partial charge in [0.15, 0.2) is 0 Å². The Hall–Kier alpha value is -1.27. The van der Waals surface area contributed by atoms with Crippen molar-refractivity contribution >= 4 is 11.9 Å². The van der Waals surface area contributed by atoms with E-state index < -0.39 is 23.5 Å². The third kappa shape index (κ3) is 2.42. The van der Waals surface area contributed by atoms with Crippen molar-refractivity contribution in [1.29, 1.82) is 0 Å². The average molecular weight is 279 g/mol. The van der Waals surface area contributed by atoms with Gasteiger partial charge in [0.1, 0.15) is 0 Å². The summed E-state index contributed by atoms with van der Waals surface area (Å²) in [7, 11) is 0. The standard InChI is InChI=1S/C12H16F3NO3/c13-12(14,15)9(17)16-6-8-4-2-1-3-5-11(8,7-16)10(18)19/h8H,1-7H2,(H,18,19). The number of carbonyl (C=O) groups is 2. The molecule has 108 valence electrons. The van der Waals surface area contributed by atoms with Crippen LogP contribution in [-0.2, 0) is 9.59 Å². The minimum atomic E-state index is -4.93. The Morgan fingerprint density at radius 1 is 1.21 bits per heavy atom. The van der Waals surface area contributed by atoms with Crippen LogP contribution in [0.5, 0.6) is 0 Å². The molecule has 2 unspecified atom stereocenters. The number of hydrogen-bond acceptors (Lipinski definition) is 2. The monoisotopic (exact) mass is 279 g/mol. The lowest BCUT2D eigenvalue weighted by Gasteiger charge is -2.28. The number of hydrogen-bond donors (Lipinski definition) is 1. The van der Waals surface area contributed by atoms with Crippen LogP contribution in [0, 0.1) is 11.3 Å². The van der Waals surface area contributed by atoms with Gasteiger partial charge >= 0.3 is 18.1 Å². The maximum absolute atomic E-state index is 12.4. The number of alkyl halides is 3. The van der Waals surface area contributed by atoms with Gasteiger partial charge in [-0.25, -0.2) is 0 Å². The highest BCUT2D eigenvalue weighted by Gasteiger charge is 2.56. The van der Waals surface area contributed by atoms with Gasteiger partial charge in [0.25, 0.3) is 0 Å². The van der Waals surface area contributed by atoms with E-state index in [1.54, 1.807) is 0 Å². The normalized spacial score (nSPS) is 31.7. The SMILES string of the molecule is O=C(N1CC2CCCCCC2(C(=O)O)C1)C(F)(F)F. The summed E-state index contributed by atoms with van der Waals surface area (Å²) in [5, 5.41) is 9.41. The van der Waals surface area contributed by atoms with Gasteiger partial charge in [0.05, 0.1) is 5.41 Å². The Balaban J connectivity index is 2.24. The van der Waals surface area contributed by atoms with Crippen molar-refractivity contribution in [1.82, 2.24) is 4.90 Å². The second kappa shape index (κ2) is 4.68. The molecular formula is C12H16F3NO3. The van der Waals surface area contributed by atoms with Crippen LogP contribution in [-0.4, -0.2) is 41.1 Å². The number of carboxylic acid groups (broad SMARTS) is 1. The molecule has 2 atom stereocenters. The fourth-order valence-electron chi connectivity index (χ4n) is 3.32. The Morgan fingerprint density at radius 2 is 1.89 bits per heavy atom. The zero-order chi connectivity index (χ0) is 14.3. The summed E-state index contributed by atoms with van der Waals surface area (Å²) in [6.45, 7) is -0.407. The zero-order valence-corrected chi connectivity index (χ0v) is 10.4. The summed E-state index contributed by atoms with van der Waals surface area (Å²) in [6, 6.07) is 0. The fourth-order valence-corrected chi connectivity index (χ4v) is 3.32. The van der Waals surface area contributed by atoms with Gasteiger partial charge in [-0.05, 0) is 18.8 Å². The molecule has 2 fully saturated rings. The van der Waals surface area contributed by atoms with E-state index in [0.29, 0.717) is 24.2 Å². The van der Waals surface area contributed by atoms with Crippen LogP contribution >= 0.6 is 0 Å². The molecule has 1 N–H and O–H groups in total. The number of amides is 1. The number of likely N-dealkylation sites (tertiary alicyclic amines) is 1. The van der Waals surface area contributed by atoms with E-state index in [0.717, 1.165) is 12.8 Å². The van der Waals surface area contributed by atoms with Gasteiger partial charge < -0.3 is 10.0 Å². The molecule has 1 heterocycles. The summed E-state index contributed by atoms with van der Waals surface area (Å²) in [6.07, 6.45) is -1.59. The highest BCUT2D eigenvalue weighted by molar-refractivity contribution is 5.84. The number of carbonyl (C=O) groups excluding carboxylic acids is 1. The van der Waals surface area contributed by atoms with E-state index in [1.165, 1.54) is 0 Å². The minimum Gasteiger partial charge on any atom is -0.481 e. The first-order valence-electron chi connectivity index (χ1n) is 6.37. The molecule has 19 heavy (non-hydrogen) atoms. The molecule has 4 nitrogen and oxygen atoms in total. The summed E-state index contributed by atoms with van der Waals surface area (Å²) in [5.74, 6) is -3.35. The fraction of sp³-hybridized carbons (Fsp3) is 0.833. The van der Waals surface area contributed by atoms with Crippen molar-refractivity contribution in [2.24, 2.45) is 11.3 Å². The van der Waals surface area contributed by atoms with Crippen molar-refractivity contribution < 1.29 is 27.9 Å². The molecular weight excluding hydrogens is 263 g/mol. The van der Waals surface area contributed by atoms with Gasteiger partial charge in [0.2, 0.25) is 0 Å². The number of rotatable bonds is 1. The van der Waals surface area contributed by atoms with Crippen molar-refractivity contribution in [2.75, 3.05) is 13.1 Å². The number of fused-ring (bicyclic) bond motifs is 1. The van der Waals surface area contributed by atoms with E-state index in [9.17, 15) is 27.9 Å². The average Bonchev–Trinajstić information content (AvgIpc) is 2.56. The van der Waals surface area contributed by atoms with Gasteiger partial charge in [-0.1, -0.05) is 19.3 Å². The minimum absolute atomic E-state index is 0.0926. The molecule has 0 radical (unpaired) electrons. The van der Waals surface area contributed by atoms with Crippen LogP contribution in [0.1, 0.15) is 32.1 Å². The smallest absolute Gasteiger partial charge is 0.471 e. The molecule has 0 spiro atoms. The van der Waals surface area contributed by atoms with Crippen LogP contribution < -0.4 is 0 Å². The van der Waals surface area contributed by atoms with Gasteiger partial charge in [-0.15, -0.1) is 0 Å². The molecule has 1 saturated carbocycles. The lowest BCUT2D eigenvalue weighted by Crippen LogP contribution is -2.43. The number of nitrogens with zero attached hydrogens (tertiary/aromatic N) is 1. The summed E-state index contributed by atoms with van der Waals surface area (Å²) < 4.78 is 37.3. The molecule has 0 aromatic carbocycles. The second-order valence-electron chi connectivity index (χ2n) is 5.44. The third-order valence-corrected chi connectivity index (χ3v) is 4.33. The zero-order valence-electron chi connectivity index (χ0n) is 10.4. The predicted octanol–water partition coefficient (Wildman–Crippen LogP) is 2.04. The van der Waals surface area contributed by atoms with Crippen molar-refractivity contribution in [3.8, 4) is 0 Å². The second-order valence-corrected chi connectivity index (χ2v) is 5.44. The van der Waals surface area contributed by atoms with Crippen LogP contribution in [0.3, 0.4) is 0 Å². The maximum atomic E-state index is 12.4. The Kier molecular flexibility index (Phi) is 3.49. The molecule has 0 bridgehead atoms. The molecule has 7 heteroatoms. The van der Waals surface area contributed by atoms with Crippen molar-refractivity contribution in [3.63, 3.8) is 0 Å². The molecule has 2 rings (SSSR count). The third-order valence-electron chi connectivity index (χ3n) is 4.33. The van der Waals surface area contributed by atoms with Crippen LogP contribution in [0.4, 0.5) is 13.2 Å². The Labute approximate surface area is 108 Å². The molecule has 1 saturated heterocycles. The lowest BCUT2D eigenvalue weighted by molar-refractivity contribution is -0.185. The van der Waals surface area contributed by atoms with Gasteiger partial charge in [-0.2, -0.15) is 13.2 Å². The van der Waals surface area contributed by atoms with E-state index in [-0.39, 0.29) is 19.0 Å². The molecule has 1 amide bonds. The summed E-state index contributed by atoms with van der Waals surface area (Å²) in [4.78, 5) is 23.4. The molecule has 1 aliphatic carbocycles. The highest BCUT2D eigenvalue weighted by Crippen LogP contribution is 2.46. The lowest BCUT2D eigenvalue weighted by atomic mass is 9.74. The Morgan fingerprint density at radius 3 is 2.47 bits per heavy atom. The summed E-state index contributed by atoms with van der Waals surface area (Å²) >= 11 is 0. The van der Waals surface area contributed by atoms with Gasteiger partial charge in [0, 0.05) is 13.1 Å². The van der Waals surface area contributed by atoms with Gasteiger partial charge in [-0.3, -0.25) is 9.59 Å². The maximum Gasteiger partial charge on any atom is 0.471 e. The van der Waals surface area contributed by atoms with Crippen molar-refractivity contribution in [2.45, 2.75) is 38.3 Å². The quantitative estimate of drug-likeness (QED) is 0.799. The highest BCUT2D eigenvalue weighted by atomic mass is 19.4. The van der Waals surface area contributed by atoms with Crippen LogP contribution in [0.2, 0.25) is 0 Å². The van der Waals surface area contributed by atoms with E-state index in [1.807, 2.05) is 0 Å². The Bertz CT molecular complexity index is 396. The topological polar surface area (TPSA) is 57.6 Å².